The fourth-order valence-electron chi connectivity index (χ4n) is 4.92. The highest BCUT2D eigenvalue weighted by atomic mass is 16.5. The molecule has 1 fully saturated rings. The van der Waals surface area contributed by atoms with Crippen molar-refractivity contribution in [1.82, 2.24) is 9.88 Å². The molecular weight excluding hydrogens is 316 g/mol. The summed E-state index contributed by atoms with van der Waals surface area (Å²) in [5, 5.41) is 21.4. The zero-order valence-electron chi connectivity index (χ0n) is 15.2. The van der Waals surface area contributed by atoms with Crippen LogP contribution in [0.5, 0.6) is 0 Å². The van der Waals surface area contributed by atoms with Crippen LogP contribution in [0.2, 0.25) is 0 Å². The average Bonchev–Trinajstić information content (AvgIpc) is 2.98. The Morgan fingerprint density at radius 2 is 2.20 bits per heavy atom. The molecule has 5 nitrogen and oxygen atoms in total. The summed E-state index contributed by atoms with van der Waals surface area (Å²) < 4.78 is 6.42. The number of aromatic amines is 1. The Hall–Kier alpha value is -1.40. The molecule has 2 aliphatic rings. The van der Waals surface area contributed by atoms with E-state index in [1.54, 1.807) is 0 Å². The first-order valence-corrected chi connectivity index (χ1v) is 9.13. The maximum absolute atomic E-state index is 10.7. The maximum Gasteiger partial charge on any atom is 0.110 e. The molecule has 3 N–H and O–H groups in total. The maximum atomic E-state index is 10.7. The smallest absolute Gasteiger partial charge is 0.110 e. The molecule has 1 saturated heterocycles. The summed E-state index contributed by atoms with van der Waals surface area (Å²) in [5.74, 6) is 0.100. The number of hydrogen-bond donors (Lipinski definition) is 3. The van der Waals surface area contributed by atoms with Crippen LogP contribution in [-0.4, -0.2) is 58.5 Å². The molecule has 3 atom stereocenters. The van der Waals surface area contributed by atoms with Gasteiger partial charge in [0.25, 0.3) is 0 Å². The molecule has 1 aliphatic heterocycles. The fourth-order valence-corrected chi connectivity index (χ4v) is 4.92. The Kier molecular flexibility index (Phi) is 3.96. The number of likely N-dealkylation sites (N-methyl/N-ethyl adjacent to an activating group) is 1. The van der Waals surface area contributed by atoms with Gasteiger partial charge in [0.2, 0.25) is 0 Å². The molecule has 1 aromatic carbocycles. The Balaban J connectivity index is 1.90. The third-order valence-electron chi connectivity index (χ3n) is 6.23. The highest BCUT2D eigenvalue weighted by molar-refractivity contribution is 5.88. The third-order valence-corrected chi connectivity index (χ3v) is 6.23. The zero-order valence-corrected chi connectivity index (χ0v) is 15.2. The van der Waals surface area contributed by atoms with Gasteiger partial charge in [-0.25, -0.2) is 0 Å². The number of piperidine rings is 1. The van der Waals surface area contributed by atoms with Crippen LogP contribution < -0.4 is 0 Å². The average molecular weight is 344 g/mol. The van der Waals surface area contributed by atoms with E-state index >= 15 is 0 Å². The molecule has 2 aromatic rings. The van der Waals surface area contributed by atoms with Crippen molar-refractivity contribution in [2.75, 3.05) is 26.8 Å². The van der Waals surface area contributed by atoms with Crippen LogP contribution in [0.3, 0.4) is 0 Å². The van der Waals surface area contributed by atoms with Gasteiger partial charge in [0.15, 0.2) is 0 Å². The second-order valence-corrected chi connectivity index (χ2v) is 8.22. The molecule has 0 unspecified atom stereocenters. The van der Waals surface area contributed by atoms with Crippen LogP contribution in [0.4, 0.5) is 0 Å². The van der Waals surface area contributed by atoms with E-state index in [2.05, 4.69) is 41.3 Å². The van der Waals surface area contributed by atoms with Crippen molar-refractivity contribution in [3.05, 3.63) is 35.5 Å². The molecule has 5 heteroatoms. The Morgan fingerprint density at radius 1 is 1.40 bits per heavy atom. The van der Waals surface area contributed by atoms with Crippen molar-refractivity contribution < 1.29 is 14.9 Å². The van der Waals surface area contributed by atoms with Crippen molar-refractivity contribution in [2.45, 2.75) is 43.9 Å². The molecular formula is C20H28N2O3. The van der Waals surface area contributed by atoms with Crippen molar-refractivity contribution in [3.63, 3.8) is 0 Å². The van der Waals surface area contributed by atoms with Gasteiger partial charge in [0, 0.05) is 35.6 Å². The summed E-state index contributed by atoms with van der Waals surface area (Å²) in [6.07, 6.45) is 3.78. The van der Waals surface area contributed by atoms with E-state index in [9.17, 15) is 10.2 Å². The van der Waals surface area contributed by atoms with Crippen molar-refractivity contribution >= 4 is 10.9 Å². The first kappa shape index (κ1) is 17.0. The lowest BCUT2D eigenvalue weighted by atomic mass is 9.66. The highest BCUT2D eigenvalue weighted by Crippen LogP contribution is 2.51. The minimum atomic E-state index is -0.777. The number of aliphatic hydroxyl groups is 2. The normalized spacial score (nSPS) is 29.8. The summed E-state index contributed by atoms with van der Waals surface area (Å²) in [4.78, 5) is 5.72. The van der Waals surface area contributed by atoms with E-state index in [0.29, 0.717) is 6.61 Å². The number of hydrogen-bond acceptors (Lipinski definition) is 4. The first-order valence-electron chi connectivity index (χ1n) is 9.13. The van der Waals surface area contributed by atoms with E-state index in [-0.39, 0.29) is 18.6 Å². The lowest BCUT2D eigenvalue weighted by molar-refractivity contribution is -0.173. The molecule has 4 rings (SSSR count). The van der Waals surface area contributed by atoms with Gasteiger partial charge in [-0.2, -0.15) is 0 Å². The van der Waals surface area contributed by atoms with Crippen molar-refractivity contribution in [1.29, 1.82) is 0 Å². The Morgan fingerprint density at radius 3 is 2.92 bits per heavy atom. The van der Waals surface area contributed by atoms with E-state index < -0.39 is 11.2 Å². The number of nitrogens with zero attached hydrogens (tertiary/aromatic N) is 1. The van der Waals surface area contributed by atoms with Crippen LogP contribution >= 0.6 is 0 Å². The summed E-state index contributed by atoms with van der Waals surface area (Å²) >= 11 is 0. The molecule has 0 spiro atoms. The van der Waals surface area contributed by atoms with Crippen molar-refractivity contribution in [2.24, 2.45) is 5.92 Å². The zero-order chi connectivity index (χ0) is 17.8. The van der Waals surface area contributed by atoms with Crippen LogP contribution in [0.1, 0.15) is 31.4 Å². The quantitative estimate of drug-likeness (QED) is 0.794. The summed E-state index contributed by atoms with van der Waals surface area (Å²) in [7, 11) is 2.12. The molecule has 1 aromatic heterocycles. The van der Waals surface area contributed by atoms with Crippen LogP contribution in [0.15, 0.2) is 24.4 Å². The van der Waals surface area contributed by atoms with Gasteiger partial charge in [-0.05, 0) is 50.9 Å². The highest BCUT2D eigenvalue weighted by Gasteiger charge is 2.54. The number of nitrogens with one attached hydrogen (secondary N) is 1. The molecule has 136 valence electrons. The Bertz CT molecular complexity index is 779. The van der Waals surface area contributed by atoms with E-state index in [1.165, 1.54) is 16.5 Å². The van der Waals surface area contributed by atoms with Gasteiger partial charge in [-0.15, -0.1) is 0 Å². The van der Waals surface area contributed by atoms with Crippen molar-refractivity contribution in [3.8, 4) is 0 Å². The third kappa shape index (κ3) is 2.53. The number of aliphatic hydroxyl groups excluding tert-OH is 1. The largest absolute Gasteiger partial charge is 0.394 e. The predicted octanol–water partition coefficient (Wildman–Crippen LogP) is 2.02. The standard InChI is InChI=1S/C20H28N2O3/c1-19(2,24)14-10-20(25-8-7-23)15-5-4-6-16-18(15)13(11-21-16)9-17(20)22(3)12-14/h4-6,11,14,17,21,23-24H,7-10,12H2,1-3H3/t14-,17-,20+/m1/s1. The minimum absolute atomic E-state index is 0.00133. The van der Waals surface area contributed by atoms with Crippen LogP contribution in [-0.2, 0) is 16.8 Å². The van der Waals surface area contributed by atoms with Gasteiger partial charge in [0.05, 0.1) is 18.8 Å². The van der Waals surface area contributed by atoms with E-state index in [4.69, 9.17) is 4.74 Å². The van der Waals surface area contributed by atoms with Gasteiger partial charge < -0.3 is 19.9 Å². The van der Waals surface area contributed by atoms with Crippen LogP contribution in [0, 0.1) is 5.92 Å². The van der Waals surface area contributed by atoms with E-state index in [0.717, 1.165) is 24.9 Å². The SMILES string of the molecule is CN1C[C@H](C(C)(C)O)C[C@]2(OCCO)c3cccc4[nH]cc(c34)C[C@@H]12. The monoisotopic (exact) mass is 344 g/mol. The minimum Gasteiger partial charge on any atom is -0.394 e. The van der Waals surface area contributed by atoms with E-state index in [1.807, 2.05) is 13.8 Å². The summed E-state index contributed by atoms with van der Waals surface area (Å²) in [6.45, 7) is 4.92. The fraction of sp³-hybridized carbons (Fsp3) is 0.600. The van der Waals surface area contributed by atoms with Gasteiger partial charge in [-0.3, -0.25) is 4.90 Å². The van der Waals surface area contributed by atoms with Gasteiger partial charge >= 0.3 is 0 Å². The predicted molar refractivity (Wildman–Crippen MR) is 97.5 cm³/mol. The molecule has 25 heavy (non-hydrogen) atoms. The number of fused-ring (bicyclic) bond motifs is 2. The lowest BCUT2D eigenvalue weighted by Crippen LogP contribution is -2.62. The topological polar surface area (TPSA) is 68.7 Å². The molecule has 1 aliphatic carbocycles. The Labute approximate surface area is 148 Å². The van der Waals surface area contributed by atoms with Gasteiger partial charge in [0.1, 0.15) is 5.60 Å². The number of likely N-dealkylation sites (tertiary alicyclic amines) is 1. The number of aromatic nitrogens is 1. The number of rotatable bonds is 4. The number of benzene rings is 1. The number of ether oxygens (including phenoxy) is 1. The second kappa shape index (κ2) is 5.81. The molecule has 2 heterocycles. The molecule has 0 bridgehead atoms. The summed E-state index contributed by atoms with van der Waals surface area (Å²) in [6, 6.07) is 6.52. The lowest BCUT2D eigenvalue weighted by Gasteiger charge is -2.55. The molecule has 0 saturated carbocycles. The number of H-pyrrole nitrogens is 1. The first-order chi connectivity index (χ1) is 11.9. The molecule has 0 amide bonds. The second-order valence-electron chi connectivity index (χ2n) is 8.22. The summed E-state index contributed by atoms with van der Waals surface area (Å²) in [5.41, 5.74) is 2.36. The molecule has 0 radical (unpaired) electrons. The van der Waals surface area contributed by atoms with Crippen LogP contribution in [0.25, 0.3) is 10.9 Å². The van der Waals surface area contributed by atoms with Gasteiger partial charge in [-0.1, -0.05) is 12.1 Å².